The van der Waals surface area contributed by atoms with Gasteiger partial charge in [0.25, 0.3) is 0 Å². The molecule has 0 radical (unpaired) electrons. The molecule has 2 N–H and O–H groups in total. The Morgan fingerprint density at radius 2 is 2.28 bits per heavy atom. The van der Waals surface area contributed by atoms with E-state index in [1.807, 2.05) is 31.5 Å². The minimum absolute atomic E-state index is 0.00550. The van der Waals surface area contributed by atoms with Gasteiger partial charge in [0.1, 0.15) is 11.8 Å². The van der Waals surface area contributed by atoms with Crippen molar-refractivity contribution >= 4 is 5.91 Å². The highest BCUT2D eigenvalue weighted by Gasteiger charge is 2.08. The SMILES string of the molecule is CCCNC(=O)CNCc1cc(C#N)n(C)c1C. The Bertz CT molecular complexity index is 456. The molecule has 0 aliphatic rings. The van der Waals surface area contributed by atoms with Gasteiger partial charge in [0.2, 0.25) is 5.91 Å². The van der Waals surface area contributed by atoms with Crippen LogP contribution in [0.25, 0.3) is 0 Å². The zero-order valence-corrected chi connectivity index (χ0v) is 11.2. The molecule has 5 heteroatoms. The van der Waals surface area contributed by atoms with E-state index >= 15 is 0 Å². The highest BCUT2D eigenvalue weighted by Crippen LogP contribution is 2.12. The molecule has 0 spiro atoms. The van der Waals surface area contributed by atoms with Crippen molar-refractivity contribution in [3.05, 3.63) is 23.0 Å². The number of rotatable bonds is 6. The number of nitrogens with zero attached hydrogens (tertiary/aromatic N) is 2. The fourth-order valence-electron chi connectivity index (χ4n) is 1.69. The van der Waals surface area contributed by atoms with Crippen LogP contribution in [0.5, 0.6) is 0 Å². The smallest absolute Gasteiger partial charge is 0.233 e. The number of aromatic nitrogens is 1. The molecule has 1 aromatic rings. The van der Waals surface area contributed by atoms with Crippen LogP contribution in [-0.2, 0) is 18.4 Å². The van der Waals surface area contributed by atoms with E-state index in [-0.39, 0.29) is 5.91 Å². The Kier molecular flexibility index (Phi) is 5.40. The number of nitriles is 1. The minimum Gasteiger partial charge on any atom is -0.355 e. The largest absolute Gasteiger partial charge is 0.355 e. The third-order valence-electron chi connectivity index (χ3n) is 2.93. The molecule has 1 heterocycles. The lowest BCUT2D eigenvalue weighted by molar-refractivity contribution is -0.120. The summed E-state index contributed by atoms with van der Waals surface area (Å²) in [6.45, 7) is 5.60. The van der Waals surface area contributed by atoms with E-state index in [1.165, 1.54) is 0 Å². The van der Waals surface area contributed by atoms with Crippen LogP contribution in [0, 0.1) is 18.3 Å². The predicted molar refractivity (Wildman–Crippen MR) is 69.9 cm³/mol. The first-order valence-electron chi connectivity index (χ1n) is 6.12. The Hall–Kier alpha value is -1.80. The van der Waals surface area contributed by atoms with Crippen molar-refractivity contribution in [2.24, 2.45) is 7.05 Å². The fourth-order valence-corrected chi connectivity index (χ4v) is 1.69. The van der Waals surface area contributed by atoms with Gasteiger partial charge >= 0.3 is 0 Å². The monoisotopic (exact) mass is 248 g/mol. The van der Waals surface area contributed by atoms with E-state index in [4.69, 9.17) is 5.26 Å². The van der Waals surface area contributed by atoms with Crippen molar-refractivity contribution < 1.29 is 4.79 Å². The standard InChI is InChI=1S/C13H20N4O/c1-4-5-16-13(18)9-15-8-11-6-12(7-14)17(3)10(11)2/h6,15H,4-5,8-9H2,1-3H3,(H,16,18). The van der Waals surface area contributed by atoms with Gasteiger partial charge in [0, 0.05) is 25.8 Å². The number of hydrogen-bond donors (Lipinski definition) is 2. The second-order valence-electron chi connectivity index (χ2n) is 4.26. The molecule has 0 aliphatic heterocycles. The molecule has 1 amide bonds. The number of amides is 1. The molecule has 0 atom stereocenters. The second-order valence-corrected chi connectivity index (χ2v) is 4.26. The van der Waals surface area contributed by atoms with Gasteiger partial charge in [-0.3, -0.25) is 4.79 Å². The highest BCUT2D eigenvalue weighted by molar-refractivity contribution is 5.77. The maximum absolute atomic E-state index is 11.4. The van der Waals surface area contributed by atoms with E-state index in [1.54, 1.807) is 0 Å². The van der Waals surface area contributed by atoms with Crippen molar-refractivity contribution in [2.75, 3.05) is 13.1 Å². The van der Waals surface area contributed by atoms with Crippen LogP contribution in [0.3, 0.4) is 0 Å². The summed E-state index contributed by atoms with van der Waals surface area (Å²) in [5.41, 5.74) is 2.74. The van der Waals surface area contributed by atoms with Crippen molar-refractivity contribution in [2.45, 2.75) is 26.8 Å². The number of carbonyl (C=O) groups excluding carboxylic acids is 1. The van der Waals surface area contributed by atoms with Crippen LogP contribution in [0.1, 0.15) is 30.3 Å². The topological polar surface area (TPSA) is 69.8 Å². The predicted octanol–water partition coefficient (Wildman–Crippen LogP) is 0.821. The zero-order chi connectivity index (χ0) is 13.5. The van der Waals surface area contributed by atoms with E-state index in [9.17, 15) is 4.79 Å². The quantitative estimate of drug-likeness (QED) is 0.783. The van der Waals surface area contributed by atoms with Gasteiger partial charge in [0.15, 0.2) is 0 Å². The van der Waals surface area contributed by atoms with Crippen LogP contribution < -0.4 is 10.6 Å². The normalized spacial score (nSPS) is 10.1. The lowest BCUT2D eigenvalue weighted by Gasteiger charge is -2.06. The highest BCUT2D eigenvalue weighted by atomic mass is 16.1. The molecule has 98 valence electrons. The van der Waals surface area contributed by atoms with Crippen molar-refractivity contribution in [1.29, 1.82) is 5.26 Å². The molecule has 0 aliphatic carbocycles. The van der Waals surface area contributed by atoms with Crippen LogP contribution in [0.2, 0.25) is 0 Å². The van der Waals surface area contributed by atoms with Crippen molar-refractivity contribution in [3.8, 4) is 6.07 Å². The average Bonchev–Trinajstić information content (AvgIpc) is 2.64. The molecule has 0 aromatic carbocycles. The Morgan fingerprint density at radius 1 is 1.56 bits per heavy atom. The minimum atomic E-state index is 0.00550. The Morgan fingerprint density at radius 3 is 2.83 bits per heavy atom. The molecule has 0 saturated carbocycles. The summed E-state index contributed by atoms with van der Waals surface area (Å²) in [5.74, 6) is 0.00550. The molecule has 0 fully saturated rings. The maximum atomic E-state index is 11.4. The Balaban J connectivity index is 2.45. The lowest BCUT2D eigenvalue weighted by atomic mass is 10.2. The van der Waals surface area contributed by atoms with Crippen LogP contribution in [0.4, 0.5) is 0 Å². The van der Waals surface area contributed by atoms with E-state index in [2.05, 4.69) is 16.7 Å². The number of nitrogens with one attached hydrogen (secondary N) is 2. The van der Waals surface area contributed by atoms with Gasteiger partial charge in [-0.2, -0.15) is 5.26 Å². The Labute approximate surface area is 108 Å². The van der Waals surface area contributed by atoms with Gasteiger partial charge in [-0.05, 0) is 25.0 Å². The zero-order valence-electron chi connectivity index (χ0n) is 11.2. The molecule has 1 rings (SSSR count). The van der Waals surface area contributed by atoms with Crippen LogP contribution >= 0.6 is 0 Å². The molecule has 5 nitrogen and oxygen atoms in total. The summed E-state index contributed by atoms with van der Waals surface area (Å²) in [6, 6.07) is 3.99. The van der Waals surface area contributed by atoms with Gasteiger partial charge in [-0.25, -0.2) is 0 Å². The fraction of sp³-hybridized carbons (Fsp3) is 0.538. The first-order valence-corrected chi connectivity index (χ1v) is 6.12. The van der Waals surface area contributed by atoms with Crippen molar-refractivity contribution in [3.63, 3.8) is 0 Å². The van der Waals surface area contributed by atoms with E-state index in [0.29, 0.717) is 25.3 Å². The van der Waals surface area contributed by atoms with Gasteiger partial charge < -0.3 is 15.2 Å². The molecule has 1 aromatic heterocycles. The molecule has 0 bridgehead atoms. The summed E-state index contributed by atoms with van der Waals surface area (Å²) in [5, 5.41) is 14.8. The maximum Gasteiger partial charge on any atom is 0.233 e. The van der Waals surface area contributed by atoms with E-state index < -0.39 is 0 Å². The lowest BCUT2D eigenvalue weighted by Crippen LogP contribution is -2.34. The molecule has 0 unspecified atom stereocenters. The van der Waals surface area contributed by atoms with Crippen LogP contribution in [0.15, 0.2) is 6.07 Å². The van der Waals surface area contributed by atoms with Crippen LogP contribution in [-0.4, -0.2) is 23.6 Å². The summed E-state index contributed by atoms with van der Waals surface area (Å²) in [7, 11) is 1.87. The third-order valence-corrected chi connectivity index (χ3v) is 2.93. The first kappa shape index (κ1) is 14.3. The second kappa shape index (κ2) is 6.82. The summed E-state index contributed by atoms with van der Waals surface area (Å²) < 4.78 is 1.86. The first-order chi connectivity index (χ1) is 8.60. The summed E-state index contributed by atoms with van der Waals surface area (Å²) in [6.07, 6.45) is 0.940. The number of hydrogen-bond acceptors (Lipinski definition) is 3. The molecule has 18 heavy (non-hydrogen) atoms. The third kappa shape index (κ3) is 3.60. The molecule has 0 saturated heterocycles. The van der Waals surface area contributed by atoms with Gasteiger partial charge in [-0.1, -0.05) is 6.92 Å². The van der Waals surface area contributed by atoms with Gasteiger partial charge in [-0.15, -0.1) is 0 Å². The van der Waals surface area contributed by atoms with E-state index in [0.717, 1.165) is 17.7 Å². The molecular formula is C13H20N4O. The van der Waals surface area contributed by atoms with Crippen molar-refractivity contribution in [1.82, 2.24) is 15.2 Å². The van der Waals surface area contributed by atoms with Gasteiger partial charge in [0.05, 0.1) is 6.54 Å². The number of carbonyl (C=O) groups is 1. The summed E-state index contributed by atoms with van der Waals surface area (Å²) >= 11 is 0. The average molecular weight is 248 g/mol. The molecular weight excluding hydrogens is 228 g/mol. The summed E-state index contributed by atoms with van der Waals surface area (Å²) in [4.78, 5) is 11.4.